The molecule has 2 rings (SSSR count). The average molecular weight is 281 g/mol. The monoisotopic (exact) mass is 281 g/mol. The fourth-order valence-corrected chi connectivity index (χ4v) is 2.41. The Morgan fingerprint density at radius 3 is 2.32 bits per heavy atom. The van der Waals surface area contributed by atoms with Crippen molar-refractivity contribution < 1.29 is 12.7 Å². The summed E-state index contributed by atoms with van der Waals surface area (Å²) >= 11 is 0. The predicted octanol–water partition coefficient (Wildman–Crippen LogP) is 1.48. The predicted molar refractivity (Wildman–Crippen MR) is 73.2 cm³/mol. The molecule has 0 radical (unpaired) electrons. The number of sulfonamides is 1. The molecule has 100 valence electrons. The lowest BCUT2D eigenvalue weighted by atomic mass is 10.3. The van der Waals surface area contributed by atoms with Crippen LogP contribution in [-0.4, -0.2) is 18.4 Å². The van der Waals surface area contributed by atoms with Gasteiger partial charge in [-0.2, -0.15) is 0 Å². The molecule has 1 aromatic carbocycles. The Kier molecular flexibility index (Phi) is 2.48. The molecular formula is C12H14N4O2S. The van der Waals surface area contributed by atoms with Crippen LogP contribution in [0, 0.1) is 13.8 Å². The highest BCUT2D eigenvalue weighted by Crippen LogP contribution is 2.15. The first-order chi connectivity index (χ1) is 10.2. The standard InChI is InChI=1S/C12H14N4O2S/c1-8-7-9(2)15-12(14-8)16-19(17,18)11-5-3-10(13)4-6-11/h3-7H,13H2,1-2H3,(H,14,15,16)/i/hD3. The van der Waals surface area contributed by atoms with Crippen LogP contribution in [0.1, 0.15) is 11.4 Å². The molecule has 0 aliphatic carbocycles. The van der Waals surface area contributed by atoms with E-state index in [-0.39, 0.29) is 21.2 Å². The Morgan fingerprint density at radius 1 is 1.21 bits per heavy atom. The second-order valence-electron chi connectivity index (χ2n) is 4.01. The molecule has 3 N–H and O–H groups in total. The van der Waals surface area contributed by atoms with Crippen molar-refractivity contribution in [3.8, 4) is 0 Å². The Hall–Kier alpha value is -2.15. The fraction of sp³-hybridized carbons (Fsp3) is 0.167. The zero-order chi connectivity index (χ0) is 16.5. The second-order valence-corrected chi connectivity index (χ2v) is 5.62. The summed E-state index contributed by atoms with van der Waals surface area (Å²) < 4.78 is 47.0. The van der Waals surface area contributed by atoms with E-state index in [0.717, 1.165) is 0 Å². The molecule has 1 aromatic heterocycles. The molecule has 0 aliphatic rings. The van der Waals surface area contributed by atoms with Gasteiger partial charge < -0.3 is 5.72 Å². The maximum atomic E-state index is 12.4. The summed E-state index contributed by atoms with van der Waals surface area (Å²) in [4.78, 5) is 7.76. The van der Waals surface area contributed by atoms with E-state index in [9.17, 15) is 8.42 Å². The van der Waals surface area contributed by atoms with Crippen LogP contribution in [0.2, 0.25) is 4.24 Å². The zero-order valence-electron chi connectivity index (χ0n) is 13.4. The number of anilines is 2. The number of hydrogen-bond donors (Lipinski definition) is 2. The number of nitrogen functional groups attached to an aromatic ring is 1. The van der Waals surface area contributed by atoms with Gasteiger partial charge in [0.25, 0.3) is 10.0 Å². The third-order valence-corrected chi connectivity index (χ3v) is 3.58. The van der Waals surface area contributed by atoms with Gasteiger partial charge in [-0.3, -0.25) is 0 Å². The molecule has 0 saturated heterocycles. The van der Waals surface area contributed by atoms with E-state index in [2.05, 4.69) is 9.97 Å². The van der Waals surface area contributed by atoms with Gasteiger partial charge >= 0.3 is 0 Å². The van der Waals surface area contributed by atoms with E-state index in [0.29, 0.717) is 17.1 Å². The fourth-order valence-electron chi connectivity index (χ4n) is 1.53. The van der Waals surface area contributed by atoms with Gasteiger partial charge in [-0.15, -0.1) is 0 Å². The summed E-state index contributed by atoms with van der Waals surface area (Å²) in [5.41, 5.74) is 1.69. The van der Waals surface area contributed by atoms with E-state index in [1.807, 2.05) is 0 Å². The first kappa shape index (κ1) is 9.74. The van der Waals surface area contributed by atoms with E-state index < -0.39 is 10.0 Å². The number of benzene rings is 1. The van der Waals surface area contributed by atoms with E-state index in [4.69, 9.17) is 4.24 Å². The number of rotatable bonds is 4. The molecule has 0 unspecified atom stereocenters. The molecule has 0 fully saturated rings. The number of nitrogens with two attached hydrogens (primary N) is 1. The minimum atomic E-state index is -4.13. The highest BCUT2D eigenvalue weighted by Gasteiger charge is 2.15. The smallest absolute Gasteiger partial charge is 0.264 e. The molecule has 0 bridgehead atoms. The molecule has 0 aliphatic heterocycles. The van der Waals surface area contributed by atoms with Gasteiger partial charge in [0, 0.05) is 17.1 Å². The Bertz CT molecular complexity index is 761. The third kappa shape index (κ3) is 3.19. The van der Waals surface area contributed by atoms with E-state index in [1.54, 1.807) is 19.9 Å². The zero-order valence-corrected chi connectivity index (χ0v) is 11.2. The minimum Gasteiger partial charge on any atom is -0.399 e. The van der Waals surface area contributed by atoms with Gasteiger partial charge in [0.2, 0.25) is 5.95 Å². The van der Waals surface area contributed by atoms with Gasteiger partial charge in [0.1, 0.15) is 0 Å². The van der Waals surface area contributed by atoms with Crippen molar-refractivity contribution in [2.24, 2.45) is 0 Å². The average Bonchev–Trinajstić information content (AvgIpc) is 2.45. The van der Waals surface area contributed by atoms with Gasteiger partial charge in [-0.1, -0.05) is 0 Å². The second kappa shape index (κ2) is 4.85. The first-order valence-electron chi connectivity index (χ1n) is 6.80. The van der Waals surface area contributed by atoms with Crippen molar-refractivity contribution in [3.05, 3.63) is 41.7 Å². The van der Waals surface area contributed by atoms with Crippen molar-refractivity contribution in [1.29, 1.82) is 0 Å². The molecule has 0 spiro atoms. The molecule has 1 heterocycles. The number of nitrogens with one attached hydrogen (secondary N) is 1. The molecule has 2 aromatic rings. The molecule has 6 nitrogen and oxygen atoms in total. The van der Waals surface area contributed by atoms with Gasteiger partial charge in [0.05, 0.1) is 4.90 Å². The van der Waals surface area contributed by atoms with Crippen LogP contribution in [0.5, 0.6) is 0 Å². The SMILES string of the molecule is [2H]N([2H])c1ccc(S(=O)(=O)N([2H])c2nc(C)cc(C)n2)cc1. The number of aromatic nitrogens is 2. The van der Waals surface area contributed by atoms with Gasteiger partial charge in [-0.05, 0) is 44.2 Å². The van der Waals surface area contributed by atoms with Crippen LogP contribution < -0.4 is 10.4 Å². The summed E-state index contributed by atoms with van der Waals surface area (Å²) in [5, 5.41) is 0. The summed E-state index contributed by atoms with van der Waals surface area (Å²) in [5.74, 6) is -0.232. The Labute approximate surface area is 116 Å². The molecule has 0 amide bonds. The van der Waals surface area contributed by atoms with Crippen molar-refractivity contribution in [1.82, 2.24) is 9.97 Å². The lowest BCUT2D eigenvalue weighted by molar-refractivity contribution is 0.601. The molecular weight excluding hydrogens is 264 g/mol. The highest BCUT2D eigenvalue weighted by atomic mass is 32.2. The van der Waals surface area contributed by atoms with Crippen LogP contribution >= 0.6 is 0 Å². The number of aryl methyl sites for hydroxylation is 2. The third-order valence-electron chi connectivity index (χ3n) is 2.31. The van der Waals surface area contributed by atoms with Crippen molar-refractivity contribution in [3.63, 3.8) is 0 Å². The molecule has 0 atom stereocenters. The van der Waals surface area contributed by atoms with Crippen LogP contribution in [0.4, 0.5) is 11.6 Å². The van der Waals surface area contributed by atoms with Crippen LogP contribution in [-0.2, 0) is 10.0 Å². The summed E-state index contributed by atoms with van der Waals surface area (Å²) in [6.07, 6.45) is 0. The van der Waals surface area contributed by atoms with Crippen LogP contribution in [0.3, 0.4) is 0 Å². The van der Waals surface area contributed by atoms with Crippen molar-refractivity contribution in [2.75, 3.05) is 10.4 Å². The van der Waals surface area contributed by atoms with E-state index >= 15 is 0 Å². The summed E-state index contributed by atoms with van der Waals surface area (Å²) in [7, 11) is -4.13. The topological polar surface area (TPSA) is 98.0 Å². The van der Waals surface area contributed by atoms with Gasteiger partial charge in [-0.25, -0.2) is 23.1 Å². The van der Waals surface area contributed by atoms with E-state index in [1.165, 1.54) is 24.3 Å². The number of hydrogen-bond acceptors (Lipinski definition) is 5. The lowest BCUT2D eigenvalue weighted by Gasteiger charge is -2.08. The van der Waals surface area contributed by atoms with Crippen molar-refractivity contribution in [2.45, 2.75) is 18.7 Å². The minimum absolute atomic E-state index is 0.143. The quantitative estimate of drug-likeness (QED) is 0.827. The maximum Gasteiger partial charge on any atom is 0.264 e. The highest BCUT2D eigenvalue weighted by molar-refractivity contribution is 7.92. The Balaban J connectivity index is 2.40. The lowest BCUT2D eigenvalue weighted by Crippen LogP contribution is -2.15. The maximum absolute atomic E-state index is 12.4. The first-order valence-corrected chi connectivity index (χ1v) is 6.90. The molecule has 7 heteroatoms. The van der Waals surface area contributed by atoms with Gasteiger partial charge in [0.15, 0.2) is 4.24 Å². The molecule has 0 saturated carbocycles. The Morgan fingerprint density at radius 2 is 1.79 bits per heavy atom. The normalized spacial score (nSPS) is 13.3. The van der Waals surface area contributed by atoms with Crippen LogP contribution in [0.15, 0.2) is 35.2 Å². The summed E-state index contributed by atoms with van der Waals surface area (Å²) in [6.45, 7) is 3.37. The molecule has 19 heavy (non-hydrogen) atoms. The summed E-state index contributed by atoms with van der Waals surface area (Å²) in [6, 6.07) is 6.75. The largest absolute Gasteiger partial charge is 0.399 e. The van der Waals surface area contributed by atoms with Crippen LogP contribution in [0.25, 0.3) is 0 Å². The van der Waals surface area contributed by atoms with Crippen molar-refractivity contribution >= 4 is 21.7 Å². The number of nitrogens with zero attached hydrogens (tertiary/aromatic N) is 2.